The van der Waals surface area contributed by atoms with Crippen molar-refractivity contribution in [3.63, 3.8) is 0 Å². The van der Waals surface area contributed by atoms with E-state index in [1.807, 2.05) is 11.8 Å². The molecule has 7 nitrogen and oxygen atoms in total. The zero-order chi connectivity index (χ0) is 16.9. The number of ether oxygens (including phenoxy) is 1. The van der Waals surface area contributed by atoms with Crippen molar-refractivity contribution in [3.05, 3.63) is 11.8 Å². The normalized spacial score (nSPS) is 23.2. The number of nitrogens with two attached hydrogens (primary N) is 1. The molecule has 0 spiro atoms. The van der Waals surface area contributed by atoms with Crippen LogP contribution in [0.3, 0.4) is 0 Å². The number of hydrogen-bond donors (Lipinski definition) is 1. The number of carbonyl (C=O) groups excluding carboxylic acids is 1. The maximum atomic E-state index is 12.7. The number of aryl methyl sites for hydroxylation is 1. The minimum Gasteiger partial charge on any atom is -0.384 e. The second-order valence-corrected chi connectivity index (χ2v) is 6.92. The number of nitrogen functional groups attached to an aromatic ring is 1. The molecule has 1 atom stereocenters. The van der Waals surface area contributed by atoms with E-state index < -0.39 is 0 Å². The molecule has 2 aliphatic heterocycles. The van der Waals surface area contributed by atoms with Crippen molar-refractivity contribution in [1.82, 2.24) is 19.6 Å². The van der Waals surface area contributed by atoms with Crippen molar-refractivity contribution in [1.29, 1.82) is 0 Å². The van der Waals surface area contributed by atoms with Crippen molar-refractivity contribution in [2.75, 3.05) is 45.1 Å². The van der Waals surface area contributed by atoms with Crippen LogP contribution in [0, 0.1) is 6.92 Å². The Morgan fingerprint density at radius 3 is 2.79 bits per heavy atom. The summed E-state index contributed by atoms with van der Waals surface area (Å²) in [6, 6.07) is 1.79. The zero-order valence-corrected chi connectivity index (χ0v) is 14.6. The highest BCUT2D eigenvalue weighted by Gasteiger charge is 2.25. The first-order chi connectivity index (χ1) is 11.6. The zero-order valence-electron chi connectivity index (χ0n) is 14.6. The van der Waals surface area contributed by atoms with E-state index in [4.69, 9.17) is 10.5 Å². The largest absolute Gasteiger partial charge is 0.384 e. The lowest BCUT2D eigenvalue weighted by Crippen LogP contribution is -2.44. The Morgan fingerprint density at radius 1 is 1.29 bits per heavy atom. The van der Waals surface area contributed by atoms with Crippen LogP contribution >= 0.6 is 0 Å². The van der Waals surface area contributed by atoms with Crippen LogP contribution in [0.5, 0.6) is 0 Å². The highest BCUT2D eigenvalue weighted by molar-refractivity contribution is 5.76. The standard InChI is InChI=1S/C17H29N5O2/c1-14-10-16(18)22(19-14)13-17(23)21-8-5-9-24-15(12-21)11-20-6-3-2-4-7-20/h10,15H,2-9,11-13,18H2,1H3/t15-/m1/s1. The molecule has 134 valence electrons. The van der Waals surface area contributed by atoms with Gasteiger partial charge in [-0.2, -0.15) is 5.10 Å². The second kappa shape index (κ2) is 7.98. The molecule has 0 aliphatic carbocycles. The summed E-state index contributed by atoms with van der Waals surface area (Å²) in [7, 11) is 0. The van der Waals surface area contributed by atoms with Crippen LogP contribution in [0.15, 0.2) is 6.07 Å². The number of rotatable bonds is 4. The van der Waals surface area contributed by atoms with Crippen LogP contribution in [0.2, 0.25) is 0 Å². The average Bonchev–Trinajstić information content (AvgIpc) is 2.76. The number of hydrogen-bond acceptors (Lipinski definition) is 5. The van der Waals surface area contributed by atoms with Gasteiger partial charge in [0.1, 0.15) is 12.4 Å². The number of anilines is 1. The van der Waals surface area contributed by atoms with Crippen LogP contribution in [-0.2, 0) is 16.1 Å². The molecule has 3 heterocycles. The Kier molecular flexibility index (Phi) is 5.73. The van der Waals surface area contributed by atoms with Gasteiger partial charge >= 0.3 is 0 Å². The lowest BCUT2D eigenvalue weighted by atomic mass is 10.1. The quantitative estimate of drug-likeness (QED) is 0.884. The second-order valence-electron chi connectivity index (χ2n) is 6.92. The van der Waals surface area contributed by atoms with Gasteiger partial charge in [0.15, 0.2) is 0 Å². The van der Waals surface area contributed by atoms with Crippen molar-refractivity contribution in [2.45, 2.75) is 45.3 Å². The minimum atomic E-state index is 0.0685. The predicted octanol–water partition coefficient (Wildman–Crippen LogP) is 0.877. The van der Waals surface area contributed by atoms with E-state index in [2.05, 4.69) is 10.00 Å². The number of likely N-dealkylation sites (tertiary alicyclic amines) is 1. The summed E-state index contributed by atoms with van der Waals surface area (Å²) in [4.78, 5) is 17.0. The monoisotopic (exact) mass is 335 g/mol. The van der Waals surface area contributed by atoms with Crippen molar-refractivity contribution >= 4 is 11.7 Å². The van der Waals surface area contributed by atoms with Gasteiger partial charge in [0.25, 0.3) is 0 Å². The summed E-state index contributed by atoms with van der Waals surface area (Å²) in [5.74, 6) is 0.607. The van der Waals surface area contributed by atoms with Gasteiger partial charge in [-0.05, 0) is 39.3 Å². The third-order valence-corrected chi connectivity index (χ3v) is 4.83. The molecule has 2 aliphatic rings. The number of amides is 1. The fourth-order valence-corrected chi connectivity index (χ4v) is 3.58. The SMILES string of the molecule is Cc1cc(N)n(CC(=O)N2CCCO[C@H](CN3CCCCC3)C2)n1. The third kappa shape index (κ3) is 4.48. The number of aromatic nitrogens is 2. The fourth-order valence-electron chi connectivity index (χ4n) is 3.58. The van der Waals surface area contributed by atoms with Crippen LogP contribution in [-0.4, -0.2) is 70.9 Å². The summed E-state index contributed by atoms with van der Waals surface area (Å²) in [5.41, 5.74) is 6.74. The van der Waals surface area contributed by atoms with Crippen molar-refractivity contribution in [3.8, 4) is 0 Å². The molecule has 1 aromatic heterocycles. The number of piperidine rings is 1. The van der Waals surface area contributed by atoms with Crippen molar-refractivity contribution in [2.24, 2.45) is 0 Å². The summed E-state index contributed by atoms with van der Waals surface area (Å²) in [6.45, 7) is 7.44. The molecule has 2 fully saturated rings. The Bertz CT molecular complexity index is 553. The Balaban J connectivity index is 1.57. The molecular weight excluding hydrogens is 306 g/mol. The predicted molar refractivity (Wildman–Crippen MR) is 92.6 cm³/mol. The molecule has 2 saturated heterocycles. The van der Waals surface area contributed by atoms with E-state index in [0.717, 1.165) is 44.9 Å². The van der Waals surface area contributed by atoms with Gasteiger partial charge in [0.2, 0.25) is 5.91 Å². The average molecular weight is 335 g/mol. The van der Waals surface area contributed by atoms with Gasteiger partial charge in [-0.3, -0.25) is 4.79 Å². The number of carbonyl (C=O) groups is 1. The summed E-state index contributed by atoms with van der Waals surface area (Å²) in [5, 5.41) is 4.29. The fraction of sp³-hybridized carbons (Fsp3) is 0.765. The molecule has 0 aromatic carbocycles. The number of nitrogens with zero attached hydrogens (tertiary/aromatic N) is 4. The molecule has 0 bridgehead atoms. The molecule has 0 radical (unpaired) electrons. The Labute approximate surface area is 143 Å². The lowest BCUT2D eigenvalue weighted by molar-refractivity contribution is -0.133. The van der Waals surface area contributed by atoms with Crippen LogP contribution in [0.4, 0.5) is 5.82 Å². The maximum Gasteiger partial charge on any atom is 0.244 e. The van der Waals surface area contributed by atoms with Gasteiger partial charge in [0.05, 0.1) is 11.8 Å². The molecule has 0 unspecified atom stereocenters. The molecule has 2 N–H and O–H groups in total. The minimum absolute atomic E-state index is 0.0685. The summed E-state index contributed by atoms with van der Waals surface area (Å²) in [6.07, 6.45) is 4.86. The molecule has 0 saturated carbocycles. The molecule has 24 heavy (non-hydrogen) atoms. The first-order valence-corrected chi connectivity index (χ1v) is 9.03. The van der Waals surface area contributed by atoms with Crippen LogP contribution < -0.4 is 5.73 Å². The molecule has 1 amide bonds. The Morgan fingerprint density at radius 2 is 2.08 bits per heavy atom. The van der Waals surface area contributed by atoms with E-state index in [-0.39, 0.29) is 18.6 Å². The van der Waals surface area contributed by atoms with Gasteiger partial charge in [-0.15, -0.1) is 0 Å². The van der Waals surface area contributed by atoms with E-state index in [0.29, 0.717) is 12.4 Å². The van der Waals surface area contributed by atoms with Crippen LogP contribution in [0.1, 0.15) is 31.4 Å². The smallest absolute Gasteiger partial charge is 0.244 e. The molecule has 3 rings (SSSR count). The van der Waals surface area contributed by atoms with Gasteiger partial charge in [-0.25, -0.2) is 4.68 Å². The van der Waals surface area contributed by atoms with Gasteiger partial charge in [-0.1, -0.05) is 6.42 Å². The van der Waals surface area contributed by atoms with Gasteiger partial charge < -0.3 is 20.3 Å². The van der Waals surface area contributed by atoms with E-state index in [1.165, 1.54) is 19.3 Å². The molecule has 1 aromatic rings. The highest BCUT2D eigenvalue weighted by atomic mass is 16.5. The Hall–Kier alpha value is -1.60. The molecule has 7 heteroatoms. The first-order valence-electron chi connectivity index (χ1n) is 9.03. The van der Waals surface area contributed by atoms with E-state index in [1.54, 1.807) is 10.7 Å². The van der Waals surface area contributed by atoms with E-state index >= 15 is 0 Å². The van der Waals surface area contributed by atoms with Crippen molar-refractivity contribution < 1.29 is 9.53 Å². The maximum absolute atomic E-state index is 12.7. The molecular formula is C17H29N5O2. The summed E-state index contributed by atoms with van der Waals surface area (Å²) >= 11 is 0. The highest BCUT2D eigenvalue weighted by Crippen LogP contribution is 2.14. The topological polar surface area (TPSA) is 76.6 Å². The van der Waals surface area contributed by atoms with Crippen LogP contribution in [0.25, 0.3) is 0 Å². The summed E-state index contributed by atoms with van der Waals surface area (Å²) < 4.78 is 7.57. The third-order valence-electron chi connectivity index (χ3n) is 4.83. The van der Waals surface area contributed by atoms with E-state index in [9.17, 15) is 4.79 Å². The lowest BCUT2D eigenvalue weighted by Gasteiger charge is -2.31. The first kappa shape index (κ1) is 17.2. The van der Waals surface area contributed by atoms with Gasteiger partial charge in [0, 0.05) is 32.3 Å².